The molecule has 6 nitrogen and oxygen atoms in total. The summed E-state index contributed by atoms with van der Waals surface area (Å²) >= 11 is 0. The molecule has 0 aromatic heterocycles. The highest BCUT2D eigenvalue weighted by atomic mass is 16.5. The smallest absolute Gasteiger partial charge is 0.407 e. The summed E-state index contributed by atoms with van der Waals surface area (Å²) in [4.78, 5) is 22.1. The number of methoxy groups -OCH3 is 1. The Hall–Kier alpha value is -1.59. The fourth-order valence-corrected chi connectivity index (χ4v) is 1.11. The third-order valence-corrected chi connectivity index (χ3v) is 1.89. The van der Waals surface area contributed by atoms with Crippen molar-refractivity contribution in [2.24, 2.45) is 5.10 Å². The van der Waals surface area contributed by atoms with Gasteiger partial charge in [-0.3, -0.25) is 4.79 Å². The number of ether oxygens (including phenoxy) is 1. The SMILES string of the molecule is COC(=O)NCC(=O)N1N=CCC1C. The number of hydrogen-bond acceptors (Lipinski definition) is 4. The van der Waals surface area contributed by atoms with E-state index in [1.807, 2.05) is 6.92 Å². The molecule has 2 amide bonds. The van der Waals surface area contributed by atoms with Crippen molar-refractivity contribution in [2.75, 3.05) is 13.7 Å². The van der Waals surface area contributed by atoms with E-state index in [0.29, 0.717) is 0 Å². The molecule has 6 heteroatoms. The number of hydrogen-bond donors (Lipinski definition) is 1. The minimum absolute atomic E-state index is 0.0712. The zero-order chi connectivity index (χ0) is 10.6. The van der Waals surface area contributed by atoms with E-state index in [1.54, 1.807) is 6.21 Å². The lowest BCUT2D eigenvalue weighted by Crippen LogP contribution is -2.39. The van der Waals surface area contributed by atoms with Crippen LogP contribution in [-0.4, -0.2) is 42.9 Å². The third kappa shape index (κ3) is 2.45. The van der Waals surface area contributed by atoms with E-state index >= 15 is 0 Å². The normalized spacial score (nSPS) is 19.6. The lowest BCUT2D eigenvalue weighted by Gasteiger charge is -2.17. The van der Waals surface area contributed by atoms with Crippen LogP contribution in [0.2, 0.25) is 0 Å². The lowest BCUT2D eigenvalue weighted by atomic mass is 10.2. The molecule has 0 aliphatic carbocycles. The summed E-state index contributed by atoms with van der Waals surface area (Å²) in [5, 5.41) is 7.55. The largest absolute Gasteiger partial charge is 0.453 e. The van der Waals surface area contributed by atoms with Gasteiger partial charge in [0.25, 0.3) is 5.91 Å². The van der Waals surface area contributed by atoms with Crippen LogP contribution in [0.15, 0.2) is 5.10 Å². The monoisotopic (exact) mass is 199 g/mol. The molecule has 78 valence electrons. The quantitative estimate of drug-likeness (QED) is 0.677. The number of nitrogens with one attached hydrogen (secondary N) is 1. The zero-order valence-corrected chi connectivity index (χ0v) is 8.19. The van der Waals surface area contributed by atoms with Crippen molar-refractivity contribution in [3.8, 4) is 0 Å². The Morgan fingerprint density at radius 1 is 1.71 bits per heavy atom. The van der Waals surface area contributed by atoms with Crippen molar-refractivity contribution in [3.63, 3.8) is 0 Å². The van der Waals surface area contributed by atoms with E-state index in [9.17, 15) is 9.59 Å². The summed E-state index contributed by atoms with van der Waals surface area (Å²) in [6.07, 6.45) is 1.82. The number of carbonyl (C=O) groups is 2. The third-order valence-electron chi connectivity index (χ3n) is 1.89. The average molecular weight is 199 g/mol. The Labute approximate surface area is 81.9 Å². The van der Waals surface area contributed by atoms with E-state index < -0.39 is 6.09 Å². The number of hydrazone groups is 1. The van der Waals surface area contributed by atoms with Crippen molar-refractivity contribution in [3.05, 3.63) is 0 Å². The molecule has 1 atom stereocenters. The molecule has 0 spiro atoms. The molecule has 1 heterocycles. The Kier molecular flexibility index (Phi) is 3.44. The van der Waals surface area contributed by atoms with Crippen LogP contribution in [0.1, 0.15) is 13.3 Å². The Bertz CT molecular complexity index is 265. The number of rotatable bonds is 2. The molecule has 1 rings (SSSR count). The molecule has 0 bridgehead atoms. The Morgan fingerprint density at radius 2 is 2.43 bits per heavy atom. The van der Waals surface area contributed by atoms with E-state index in [1.165, 1.54) is 12.1 Å². The number of amides is 2. The summed E-state index contributed by atoms with van der Waals surface area (Å²) < 4.78 is 4.33. The van der Waals surface area contributed by atoms with Crippen LogP contribution in [0.25, 0.3) is 0 Å². The summed E-state index contributed by atoms with van der Waals surface area (Å²) in [6, 6.07) is 0.0712. The van der Waals surface area contributed by atoms with Gasteiger partial charge in [-0.05, 0) is 6.92 Å². The molecule has 14 heavy (non-hydrogen) atoms. The second kappa shape index (κ2) is 4.59. The van der Waals surface area contributed by atoms with E-state index in [0.717, 1.165) is 6.42 Å². The molecule has 0 fully saturated rings. The van der Waals surface area contributed by atoms with Gasteiger partial charge >= 0.3 is 6.09 Å². The van der Waals surface area contributed by atoms with Crippen LogP contribution in [0.5, 0.6) is 0 Å². The fraction of sp³-hybridized carbons (Fsp3) is 0.625. The first-order valence-corrected chi connectivity index (χ1v) is 4.31. The fourth-order valence-electron chi connectivity index (χ4n) is 1.11. The molecular weight excluding hydrogens is 186 g/mol. The number of alkyl carbamates (subject to hydrolysis) is 1. The standard InChI is InChI=1S/C8H13N3O3/c1-6-3-4-10-11(6)7(12)5-9-8(13)14-2/h4,6H,3,5H2,1-2H3,(H,9,13). The van der Waals surface area contributed by atoms with E-state index in [4.69, 9.17) is 0 Å². The first-order chi connectivity index (χ1) is 6.65. The van der Waals surface area contributed by atoms with Crippen molar-refractivity contribution in [1.29, 1.82) is 0 Å². The summed E-state index contributed by atoms with van der Waals surface area (Å²) in [6.45, 7) is 1.80. The molecular formula is C8H13N3O3. The van der Waals surface area contributed by atoms with Gasteiger partial charge in [0.15, 0.2) is 0 Å². The van der Waals surface area contributed by atoms with Gasteiger partial charge in [-0.1, -0.05) is 0 Å². The Morgan fingerprint density at radius 3 is 2.93 bits per heavy atom. The number of nitrogens with zero attached hydrogens (tertiary/aromatic N) is 2. The maximum atomic E-state index is 11.4. The minimum atomic E-state index is -0.617. The van der Waals surface area contributed by atoms with Gasteiger partial charge in [-0.25, -0.2) is 9.80 Å². The topological polar surface area (TPSA) is 71.0 Å². The molecule has 1 N–H and O–H groups in total. The maximum absolute atomic E-state index is 11.4. The van der Waals surface area contributed by atoms with Crippen molar-refractivity contribution in [1.82, 2.24) is 10.3 Å². The second-order valence-electron chi connectivity index (χ2n) is 2.97. The second-order valence-corrected chi connectivity index (χ2v) is 2.97. The molecule has 1 unspecified atom stereocenters. The van der Waals surface area contributed by atoms with Gasteiger partial charge in [0.05, 0.1) is 13.2 Å². The van der Waals surface area contributed by atoms with Crippen molar-refractivity contribution < 1.29 is 14.3 Å². The highest BCUT2D eigenvalue weighted by molar-refractivity contribution is 5.84. The first-order valence-electron chi connectivity index (χ1n) is 4.31. The van der Waals surface area contributed by atoms with Crippen LogP contribution in [-0.2, 0) is 9.53 Å². The summed E-state index contributed by atoms with van der Waals surface area (Å²) in [5.41, 5.74) is 0. The lowest BCUT2D eigenvalue weighted by molar-refractivity contribution is -0.131. The van der Waals surface area contributed by atoms with Gasteiger partial charge < -0.3 is 10.1 Å². The molecule has 0 saturated heterocycles. The van der Waals surface area contributed by atoms with Crippen LogP contribution in [0, 0.1) is 0 Å². The zero-order valence-electron chi connectivity index (χ0n) is 8.19. The average Bonchev–Trinajstić information content (AvgIpc) is 2.60. The molecule has 0 saturated carbocycles. The van der Waals surface area contributed by atoms with Crippen LogP contribution in [0.3, 0.4) is 0 Å². The van der Waals surface area contributed by atoms with Crippen LogP contribution in [0.4, 0.5) is 4.79 Å². The number of carbonyl (C=O) groups excluding carboxylic acids is 2. The molecule has 0 radical (unpaired) electrons. The van der Waals surface area contributed by atoms with Crippen molar-refractivity contribution in [2.45, 2.75) is 19.4 Å². The van der Waals surface area contributed by atoms with Gasteiger partial charge in [0.2, 0.25) is 0 Å². The highest BCUT2D eigenvalue weighted by Crippen LogP contribution is 2.09. The van der Waals surface area contributed by atoms with Crippen LogP contribution >= 0.6 is 0 Å². The summed E-state index contributed by atoms with van der Waals surface area (Å²) in [7, 11) is 1.25. The maximum Gasteiger partial charge on any atom is 0.407 e. The van der Waals surface area contributed by atoms with Gasteiger partial charge in [-0.15, -0.1) is 0 Å². The van der Waals surface area contributed by atoms with Gasteiger partial charge in [0.1, 0.15) is 6.54 Å². The minimum Gasteiger partial charge on any atom is -0.453 e. The first kappa shape index (κ1) is 10.5. The van der Waals surface area contributed by atoms with E-state index in [-0.39, 0.29) is 18.5 Å². The molecule has 0 aromatic rings. The van der Waals surface area contributed by atoms with Gasteiger partial charge in [0, 0.05) is 12.6 Å². The van der Waals surface area contributed by atoms with Crippen molar-refractivity contribution >= 4 is 18.2 Å². The molecule has 1 aliphatic rings. The molecule has 1 aliphatic heterocycles. The van der Waals surface area contributed by atoms with Gasteiger partial charge in [-0.2, -0.15) is 5.10 Å². The summed E-state index contributed by atoms with van der Waals surface area (Å²) in [5.74, 6) is -0.239. The van der Waals surface area contributed by atoms with E-state index in [2.05, 4.69) is 15.2 Å². The predicted molar refractivity (Wildman–Crippen MR) is 49.8 cm³/mol. The van der Waals surface area contributed by atoms with Crippen LogP contribution < -0.4 is 5.32 Å². The Balaban J connectivity index is 2.35. The molecule has 0 aromatic carbocycles. The highest BCUT2D eigenvalue weighted by Gasteiger charge is 2.22. The predicted octanol–water partition coefficient (Wildman–Crippen LogP) is -0.0510.